The summed E-state index contributed by atoms with van der Waals surface area (Å²) < 4.78 is 0.882. The second-order valence-corrected chi connectivity index (χ2v) is 5.93. The number of hydrogen-bond acceptors (Lipinski definition) is 4. The first-order valence-corrected chi connectivity index (χ1v) is 7.53. The Labute approximate surface area is 117 Å². The van der Waals surface area contributed by atoms with E-state index in [9.17, 15) is 0 Å². The van der Waals surface area contributed by atoms with Gasteiger partial charge in [-0.1, -0.05) is 19.8 Å². The fourth-order valence-electron chi connectivity index (χ4n) is 2.68. The van der Waals surface area contributed by atoms with E-state index in [0.29, 0.717) is 12.0 Å². The Morgan fingerprint density at radius 3 is 2.78 bits per heavy atom. The van der Waals surface area contributed by atoms with Crippen LogP contribution in [0, 0.1) is 5.92 Å². The smallest absolute Gasteiger partial charge is 0.221 e. The molecule has 0 radical (unpaired) electrons. The summed E-state index contributed by atoms with van der Waals surface area (Å²) in [5.74, 6) is 2.06. The largest absolute Gasteiger partial charge is 0.368 e. The number of nitrogens with two attached hydrogens (primary N) is 1. The topological polar surface area (TPSA) is 63.8 Å². The van der Waals surface area contributed by atoms with Crippen LogP contribution in [0.1, 0.15) is 45.4 Å². The SMILES string of the molecule is CCCC1CCC(Nc2nc(N)ncc2Br)CC1. The van der Waals surface area contributed by atoms with Gasteiger partial charge >= 0.3 is 0 Å². The summed E-state index contributed by atoms with van der Waals surface area (Å²) >= 11 is 3.45. The number of halogens is 1. The predicted molar refractivity (Wildman–Crippen MR) is 78.4 cm³/mol. The van der Waals surface area contributed by atoms with Crippen molar-refractivity contribution in [1.29, 1.82) is 0 Å². The van der Waals surface area contributed by atoms with E-state index in [1.807, 2.05) is 0 Å². The van der Waals surface area contributed by atoms with Crippen molar-refractivity contribution >= 4 is 27.7 Å². The molecule has 0 unspecified atom stereocenters. The standard InChI is InChI=1S/C13H21BrN4/c1-2-3-9-4-6-10(7-5-9)17-12-11(14)8-16-13(15)18-12/h8-10H,2-7H2,1H3,(H3,15,16,17,18). The lowest BCUT2D eigenvalue weighted by molar-refractivity contribution is 0.318. The minimum absolute atomic E-state index is 0.320. The maximum atomic E-state index is 5.61. The molecule has 3 N–H and O–H groups in total. The van der Waals surface area contributed by atoms with Crippen LogP contribution in [0.3, 0.4) is 0 Å². The van der Waals surface area contributed by atoms with Crippen LogP contribution < -0.4 is 11.1 Å². The number of aromatic nitrogens is 2. The average Bonchev–Trinajstić information content (AvgIpc) is 2.37. The highest BCUT2D eigenvalue weighted by molar-refractivity contribution is 9.10. The van der Waals surface area contributed by atoms with E-state index in [1.165, 1.54) is 38.5 Å². The highest BCUT2D eigenvalue weighted by Crippen LogP contribution is 2.30. The van der Waals surface area contributed by atoms with Gasteiger partial charge in [-0.3, -0.25) is 0 Å². The number of nitrogens with zero attached hydrogens (tertiary/aromatic N) is 2. The van der Waals surface area contributed by atoms with E-state index < -0.39 is 0 Å². The van der Waals surface area contributed by atoms with E-state index >= 15 is 0 Å². The third kappa shape index (κ3) is 3.57. The summed E-state index contributed by atoms with van der Waals surface area (Å²) in [5, 5.41) is 3.47. The summed E-state index contributed by atoms with van der Waals surface area (Å²) in [6, 6.07) is 0.517. The van der Waals surface area contributed by atoms with Crippen LogP contribution >= 0.6 is 15.9 Å². The molecule has 1 aliphatic carbocycles. The molecule has 0 saturated heterocycles. The number of nitrogens with one attached hydrogen (secondary N) is 1. The number of rotatable bonds is 4. The molecule has 1 fully saturated rings. The number of anilines is 2. The summed E-state index contributed by atoms with van der Waals surface area (Å²) in [7, 11) is 0. The zero-order valence-corrected chi connectivity index (χ0v) is 12.4. The Bertz CT molecular complexity index is 389. The molecule has 4 nitrogen and oxygen atoms in total. The molecule has 0 aliphatic heterocycles. The van der Waals surface area contributed by atoms with Crippen LogP contribution in [0.5, 0.6) is 0 Å². The van der Waals surface area contributed by atoms with Crippen molar-refractivity contribution < 1.29 is 0 Å². The Morgan fingerprint density at radius 1 is 1.39 bits per heavy atom. The van der Waals surface area contributed by atoms with Crippen LogP contribution in [0.4, 0.5) is 11.8 Å². The normalized spacial score (nSPS) is 23.9. The van der Waals surface area contributed by atoms with E-state index in [0.717, 1.165) is 16.2 Å². The molecule has 5 heteroatoms. The monoisotopic (exact) mass is 312 g/mol. The van der Waals surface area contributed by atoms with Gasteiger partial charge in [0.05, 0.1) is 4.47 Å². The lowest BCUT2D eigenvalue weighted by atomic mass is 9.83. The summed E-state index contributed by atoms with van der Waals surface area (Å²) in [4.78, 5) is 8.18. The van der Waals surface area contributed by atoms with Gasteiger partial charge in [-0.2, -0.15) is 4.98 Å². The molecule has 1 aromatic rings. The zero-order chi connectivity index (χ0) is 13.0. The third-order valence-corrected chi connectivity index (χ3v) is 4.23. The van der Waals surface area contributed by atoms with Crippen molar-refractivity contribution in [2.24, 2.45) is 5.92 Å². The molecule has 0 aromatic carbocycles. The minimum atomic E-state index is 0.320. The highest BCUT2D eigenvalue weighted by atomic mass is 79.9. The highest BCUT2D eigenvalue weighted by Gasteiger charge is 2.21. The van der Waals surface area contributed by atoms with Crippen LogP contribution in [0.2, 0.25) is 0 Å². The Morgan fingerprint density at radius 2 is 2.11 bits per heavy atom. The Kier molecular flexibility index (Phi) is 4.80. The van der Waals surface area contributed by atoms with Crippen molar-refractivity contribution in [3.63, 3.8) is 0 Å². The lowest BCUT2D eigenvalue weighted by Gasteiger charge is -2.29. The van der Waals surface area contributed by atoms with Crippen molar-refractivity contribution in [3.8, 4) is 0 Å². The summed E-state index contributed by atoms with van der Waals surface area (Å²) in [5.41, 5.74) is 5.61. The molecule has 0 amide bonds. The second kappa shape index (κ2) is 6.36. The van der Waals surface area contributed by atoms with Gasteiger partial charge in [-0.25, -0.2) is 4.98 Å². The average molecular weight is 313 g/mol. The lowest BCUT2D eigenvalue weighted by Crippen LogP contribution is -2.26. The van der Waals surface area contributed by atoms with E-state index in [1.54, 1.807) is 6.20 Å². The van der Waals surface area contributed by atoms with Gasteiger partial charge in [0.25, 0.3) is 0 Å². The van der Waals surface area contributed by atoms with Crippen LogP contribution in [-0.4, -0.2) is 16.0 Å². The summed E-state index contributed by atoms with van der Waals surface area (Å²) in [6.07, 6.45) is 9.47. The molecule has 2 rings (SSSR count). The number of hydrogen-bond donors (Lipinski definition) is 2. The van der Waals surface area contributed by atoms with Gasteiger partial charge in [-0.15, -0.1) is 0 Å². The van der Waals surface area contributed by atoms with Crippen molar-refractivity contribution in [2.45, 2.75) is 51.5 Å². The van der Waals surface area contributed by atoms with Crippen molar-refractivity contribution in [2.75, 3.05) is 11.1 Å². The molecule has 18 heavy (non-hydrogen) atoms. The number of nitrogen functional groups attached to an aromatic ring is 1. The molecule has 1 saturated carbocycles. The molecule has 0 atom stereocenters. The Balaban J connectivity index is 1.89. The maximum absolute atomic E-state index is 5.61. The van der Waals surface area contributed by atoms with Gasteiger partial charge in [0.15, 0.2) is 0 Å². The van der Waals surface area contributed by atoms with E-state index in [-0.39, 0.29) is 0 Å². The molecular formula is C13H21BrN4. The summed E-state index contributed by atoms with van der Waals surface area (Å²) in [6.45, 7) is 2.27. The first-order valence-electron chi connectivity index (χ1n) is 6.73. The second-order valence-electron chi connectivity index (χ2n) is 5.08. The quantitative estimate of drug-likeness (QED) is 0.891. The fourth-order valence-corrected chi connectivity index (χ4v) is 2.98. The molecule has 1 heterocycles. The van der Waals surface area contributed by atoms with Crippen LogP contribution in [0.25, 0.3) is 0 Å². The zero-order valence-electron chi connectivity index (χ0n) is 10.8. The van der Waals surface area contributed by atoms with Gasteiger partial charge < -0.3 is 11.1 Å². The molecular weight excluding hydrogens is 292 g/mol. The van der Waals surface area contributed by atoms with Crippen molar-refractivity contribution in [1.82, 2.24) is 9.97 Å². The van der Waals surface area contributed by atoms with Gasteiger partial charge in [-0.05, 0) is 47.5 Å². The third-order valence-electron chi connectivity index (χ3n) is 3.65. The molecule has 0 spiro atoms. The van der Waals surface area contributed by atoms with E-state index in [4.69, 9.17) is 5.73 Å². The molecule has 1 aromatic heterocycles. The Hall–Kier alpha value is -0.840. The fraction of sp³-hybridized carbons (Fsp3) is 0.692. The molecule has 1 aliphatic rings. The molecule has 0 bridgehead atoms. The minimum Gasteiger partial charge on any atom is -0.368 e. The first kappa shape index (κ1) is 13.6. The van der Waals surface area contributed by atoms with Crippen LogP contribution in [-0.2, 0) is 0 Å². The maximum Gasteiger partial charge on any atom is 0.221 e. The van der Waals surface area contributed by atoms with Gasteiger partial charge in [0, 0.05) is 12.2 Å². The first-order chi connectivity index (χ1) is 8.69. The van der Waals surface area contributed by atoms with Crippen LogP contribution in [0.15, 0.2) is 10.7 Å². The van der Waals surface area contributed by atoms with Crippen molar-refractivity contribution in [3.05, 3.63) is 10.7 Å². The van der Waals surface area contributed by atoms with Gasteiger partial charge in [0.2, 0.25) is 5.95 Å². The van der Waals surface area contributed by atoms with Gasteiger partial charge in [0.1, 0.15) is 5.82 Å². The molecule has 100 valence electrons. The van der Waals surface area contributed by atoms with E-state index in [2.05, 4.69) is 38.1 Å². The predicted octanol–water partition coefficient (Wildman–Crippen LogP) is 3.59.